The number of fused-ring (bicyclic) bond motifs is 1. The highest BCUT2D eigenvalue weighted by Crippen LogP contribution is 2.31. The van der Waals surface area contributed by atoms with Gasteiger partial charge in [-0.15, -0.1) is 0 Å². The Morgan fingerprint density at radius 3 is 2.87 bits per heavy atom. The summed E-state index contributed by atoms with van der Waals surface area (Å²) in [4.78, 5) is 30.1. The van der Waals surface area contributed by atoms with Crippen LogP contribution in [0.2, 0.25) is 5.02 Å². The van der Waals surface area contributed by atoms with Crippen LogP contribution in [0.4, 0.5) is 0 Å². The van der Waals surface area contributed by atoms with Crippen molar-refractivity contribution < 1.29 is 9.53 Å². The number of aromatic nitrogens is 2. The van der Waals surface area contributed by atoms with Crippen LogP contribution in [0.15, 0.2) is 46.3 Å². The third-order valence-electron chi connectivity index (χ3n) is 4.34. The summed E-state index contributed by atoms with van der Waals surface area (Å²) in [6.07, 6.45) is 0.233. The quantitative estimate of drug-likeness (QED) is 0.342. The number of nitriles is 1. The minimum Gasteiger partial charge on any atom is -0.495 e. The van der Waals surface area contributed by atoms with Crippen molar-refractivity contribution in [2.45, 2.75) is 18.5 Å². The van der Waals surface area contributed by atoms with Gasteiger partial charge in [-0.05, 0) is 30.7 Å². The summed E-state index contributed by atoms with van der Waals surface area (Å²) in [5.41, 5.74) is 1.54. The van der Waals surface area contributed by atoms with Gasteiger partial charge in [0.1, 0.15) is 5.75 Å². The van der Waals surface area contributed by atoms with Gasteiger partial charge < -0.3 is 10.1 Å². The lowest BCUT2D eigenvalue weighted by atomic mass is 10.2. The highest BCUT2D eigenvalue weighted by molar-refractivity contribution is 7.99. The molecule has 0 spiro atoms. The number of hydrogen-bond acceptors (Lipinski definition) is 6. The van der Waals surface area contributed by atoms with E-state index in [9.17, 15) is 9.59 Å². The van der Waals surface area contributed by atoms with Gasteiger partial charge in [0.2, 0.25) is 5.91 Å². The number of para-hydroxylation sites is 1. The number of nitrogens with one attached hydrogen (secondary N) is 1. The lowest BCUT2D eigenvalue weighted by Gasteiger charge is -2.17. The first-order valence-electron chi connectivity index (χ1n) is 9.09. The van der Waals surface area contributed by atoms with Gasteiger partial charge in [-0.2, -0.15) is 5.26 Å². The van der Waals surface area contributed by atoms with Crippen LogP contribution in [0.5, 0.6) is 5.75 Å². The molecule has 9 heteroatoms. The largest absolute Gasteiger partial charge is 0.495 e. The van der Waals surface area contributed by atoms with E-state index in [-0.39, 0.29) is 30.2 Å². The molecule has 3 rings (SSSR count). The molecule has 0 radical (unpaired) electrons. The van der Waals surface area contributed by atoms with Crippen molar-refractivity contribution in [2.75, 3.05) is 19.4 Å². The van der Waals surface area contributed by atoms with E-state index in [0.29, 0.717) is 32.5 Å². The normalized spacial score (nSPS) is 10.6. The number of ether oxygens (including phenoxy) is 1. The van der Waals surface area contributed by atoms with Crippen LogP contribution in [0, 0.1) is 18.3 Å². The minimum absolute atomic E-state index is 0.0467. The molecule has 2 aromatic carbocycles. The fraction of sp³-hybridized carbons (Fsp3) is 0.238. The predicted molar refractivity (Wildman–Crippen MR) is 118 cm³/mol. The summed E-state index contributed by atoms with van der Waals surface area (Å²) < 4.78 is 6.90. The van der Waals surface area contributed by atoms with Gasteiger partial charge in [0.05, 0.1) is 41.9 Å². The van der Waals surface area contributed by atoms with Crippen LogP contribution in [0.25, 0.3) is 16.6 Å². The van der Waals surface area contributed by atoms with Crippen molar-refractivity contribution in [3.8, 4) is 17.5 Å². The number of halogens is 1. The summed E-state index contributed by atoms with van der Waals surface area (Å²) in [7, 11) is 1.50. The molecule has 1 amide bonds. The van der Waals surface area contributed by atoms with Crippen molar-refractivity contribution in [1.82, 2.24) is 14.9 Å². The Hall–Kier alpha value is -3.02. The minimum atomic E-state index is -0.270. The molecule has 0 aliphatic heterocycles. The molecule has 3 aromatic rings. The zero-order valence-electron chi connectivity index (χ0n) is 16.4. The summed E-state index contributed by atoms with van der Waals surface area (Å²) >= 11 is 7.36. The molecule has 0 unspecified atom stereocenters. The smallest absolute Gasteiger partial charge is 0.266 e. The lowest BCUT2D eigenvalue weighted by molar-refractivity contribution is -0.118. The van der Waals surface area contributed by atoms with Crippen molar-refractivity contribution in [2.24, 2.45) is 0 Å². The van der Waals surface area contributed by atoms with Crippen LogP contribution >= 0.6 is 23.4 Å². The molecule has 0 atom stereocenters. The molecule has 1 N–H and O–H groups in total. The summed E-state index contributed by atoms with van der Waals surface area (Å²) in [5.74, 6) is 0.221. The molecule has 154 valence electrons. The molecule has 1 aromatic heterocycles. The predicted octanol–water partition coefficient (Wildman–Crippen LogP) is 3.48. The van der Waals surface area contributed by atoms with E-state index in [4.69, 9.17) is 21.6 Å². The monoisotopic (exact) mass is 442 g/mol. The number of aryl methyl sites for hydroxylation is 1. The highest BCUT2D eigenvalue weighted by Gasteiger charge is 2.18. The van der Waals surface area contributed by atoms with Gasteiger partial charge in [0.15, 0.2) is 5.16 Å². The first-order chi connectivity index (χ1) is 14.5. The van der Waals surface area contributed by atoms with Crippen LogP contribution in [0.3, 0.4) is 0 Å². The third-order valence-corrected chi connectivity index (χ3v) is 5.68. The Balaban J connectivity index is 2.11. The fourth-order valence-electron chi connectivity index (χ4n) is 2.85. The number of rotatable bonds is 7. The maximum absolute atomic E-state index is 13.4. The average molecular weight is 443 g/mol. The van der Waals surface area contributed by atoms with Gasteiger partial charge in [-0.1, -0.05) is 35.5 Å². The second-order valence-corrected chi connectivity index (χ2v) is 7.72. The van der Waals surface area contributed by atoms with E-state index < -0.39 is 0 Å². The highest BCUT2D eigenvalue weighted by atomic mass is 35.5. The first-order valence-corrected chi connectivity index (χ1v) is 10.5. The van der Waals surface area contributed by atoms with E-state index in [1.54, 1.807) is 36.4 Å². The van der Waals surface area contributed by atoms with E-state index >= 15 is 0 Å². The zero-order chi connectivity index (χ0) is 21.7. The summed E-state index contributed by atoms with van der Waals surface area (Å²) in [6.45, 7) is 2.11. The van der Waals surface area contributed by atoms with E-state index in [1.807, 2.05) is 13.0 Å². The molecule has 0 aliphatic carbocycles. The summed E-state index contributed by atoms with van der Waals surface area (Å²) in [6, 6.07) is 12.4. The third kappa shape index (κ3) is 4.58. The number of methoxy groups -OCH3 is 1. The molecule has 0 saturated heterocycles. The molecular formula is C21H19ClN4O3S. The van der Waals surface area contributed by atoms with Gasteiger partial charge in [0, 0.05) is 17.6 Å². The second-order valence-electron chi connectivity index (χ2n) is 6.37. The number of hydrogen-bond donors (Lipinski definition) is 1. The van der Waals surface area contributed by atoms with Crippen LogP contribution in [-0.4, -0.2) is 34.9 Å². The van der Waals surface area contributed by atoms with E-state index in [1.165, 1.54) is 11.7 Å². The fourth-order valence-corrected chi connectivity index (χ4v) is 3.84. The topological polar surface area (TPSA) is 97.0 Å². The Kier molecular flexibility index (Phi) is 6.98. The molecule has 0 bridgehead atoms. The van der Waals surface area contributed by atoms with Gasteiger partial charge in [-0.25, -0.2) is 4.98 Å². The van der Waals surface area contributed by atoms with Crippen LogP contribution in [-0.2, 0) is 4.79 Å². The van der Waals surface area contributed by atoms with Crippen LogP contribution in [0.1, 0.15) is 12.0 Å². The standard InChI is InChI=1S/C21H19ClN4O3S/c1-13-10-17(18(29-2)11-15(13)22)26-20(28)14-6-3-4-7-16(14)25-21(26)30-12-19(27)24-9-5-8-23/h3-4,6-7,10-11H,5,9,12H2,1-2H3,(H,24,27). The van der Waals surface area contributed by atoms with E-state index in [0.717, 1.165) is 17.3 Å². The molecule has 30 heavy (non-hydrogen) atoms. The number of carbonyl (C=O) groups excluding carboxylic acids is 1. The van der Waals surface area contributed by atoms with Crippen molar-refractivity contribution in [3.63, 3.8) is 0 Å². The Morgan fingerprint density at radius 1 is 1.37 bits per heavy atom. The Morgan fingerprint density at radius 2 is 2.13 bits per heavy atom. The Labute approximate surface area is 182 Å². The Bertz CT molecular complexity index is 1200. The number of carbonyl (C=O) groups is 1. The molecular weight excluding hydrogens is 424 g/mol. The maximum Gasteiger partial charge on any atom is 0.266 e. The van der Waals surface area contributed by atoms with Crippen LogP contribution < -0.4 is 15.6 Å². The number of benzene rings is 2. The van der Waals surface area contributed by atoms with E-state index in [2.05, 4.69) is 10.3 Å². The molecule has 0 fully saturated rings. The second kappa shape index (κ2) is 9.65. The molecule has 7 nitrogen and oxygen atoms in total. The number of thioether (sulfide) groups is 1. The SMILES string of the molecule is COc1cc(Cl)c(C)cc1-n1c(SCC(=O)NCCC#N)nc2ccccc2c1=O. The van der Waals surface area contributed by atoms with Crippen molar-refractivity contribution in [3.05, 3.63) is 57.3 Å². The molecule has 0 aliphatic rings. The maximum atomic E-state index is 13.4. The lowest BCUT2D eigenvalue weighted by Crippen LogP contribution is -2.27. The number of nitrogens with zero attached hydrogens (tertiary/aromatic N) is 3. The molecule has 0 saturated carbocycles. The first kappa shape index (κ1) is 21.7. The van der Waals surface area contributed by atoms with Crippen molar-refractivity contribution >= 4 is 40.2 Å². The number of amides is 1. The zero-order valence-corrected chi connectivity index (χ0v) is 18.0. The van der Waals surface area contributed by atoms with Gasteiger partial charge >= 0.3 is 0 Å². The summed E-state index contributed by atoms with van der Waals surface area (Å²) in [5, 5.41) is 12.6. The average Bonchev–Trinajstić information content (AvgIpc) is 2.74. The molecule has 1 heterocycles. The van der Waals surface area contributed by atoms with Crippen molar-refractivity contribution in [1.29, 1.82) is 5.26 Å². The van der Waals surface area contributed by atoms with Gasteiger partial charge in [-0.3, -0.25) is 14.2 Å². The van der Waals surface area contributed by atoms with Gasteiger partial charge in [0.25, 0.3) is 5.56 Å².